The zero-order valence-electron chi connectivity index (χ0n) is 14.2. The minimum atomic E-state index is -2.54. The van der Waals surface area contributed by atoms with Crippen molar-refractivity contribution >= 4 is 16.6 Å². The number of hydrogen-bond acceptors (Lipinski definition) is 3. The van der Waals surface area contributed by atoms with Crippen LogP contribution in [0.25, 0.3) is 27.7 Å². The van der Waals surface area contributed by atoms with Crippen molar-refractivity contribution in [2.24, 2.45) is 5.92 Å². The van der Waals surface area contributed by atoms with E-state index < -0.39 is 11.8 Å². The van der Waals surface area contributed by atoms with Crippen LogP contribution in [0, 0.1) is 12.8 Å². The second-order valence-electron chi connectivity index (χ2n) is 6.94. The van der Waals surface area contributed by atoms with Gasteiger partial charge in [-0.2, -0.15) is 0 Å². The van der Waals surface area contributed by atoms with Crippen molar-refractivity contribution in [1.29, 1.82) is 0 Å². The van der Waals surface area contributed by atoms with Crippen molar-refractivity contribution < 1.29 is 8.78 Å². The van der Waals surface area contributed by atoms with E-state index in [0.717, 1.165) is 27.6 Å². The fraction of sp³-hybridized carbons (Fsp3) is 0.250. The molecule has 26 heavy (non-hydrogen) atoms. The second kappa shape index (κ2) is 5.30. The molecule has 1 atom stereocenters. The Morgan fingerprint density at radius 3 is 2.85 bits per heavy atom. The summed E-state index contributed by atoms with van der Waals surface area (Å²) in [5, 5.41) is 9.48. The summed E-state index contributed by atoms with van der Waals surface area (Å²) in [6, 6.07) is 12.1. The van der Waals surface area contributed by atoms with Gasteiger partial charge in [-0.15, -0.1) is 10.2 Å². The first-order valence-corrected chi connectivity index (χ1v) is 8.59. The van der Waals surface area contributed by atoms with Crippen LogP contribution in [0.3, 0.4) is 0 Å². The highest BCUT2D eigenvalue weighted by Crippen LogP contribution is 2.50. The molecule has 1 unspecified atom stereocenters. The first-order chi connectivity index (χ1) is 12.5. The third kappa shape index (κ3) is 2.36. The van der Waals surface area contributed by atoms with Gasteiger partial charge in [0, 0.05) is 42.1 Å². The zero-order chi connectivity index (χ0) is 17.9. The molecule has 0 saturated heterocycles. The van der Waals surface area contributed by atoms with Crippen LogP contribution in [-0.4, -0.2) is 25.5 Å². The van der Waals surface area contributed by atoms with E-state index in [1.165, 1.54) is 0 Å². The van der Waals surface area contributed by atoms with Crippen LogP contribution in [0.2, 0.25) is 0 Å². The van der Waals surface area contributed by atoms with Crippen molar-refractivity contribution in [3.05, 3.63) is 60.2 Å². The van der Waals surface area contributed by atoms with Gasteiger partial charge in [-0.1, -0.05) is 12.1 Å². The van der Waals surface area contributed by atoms with E-state index in [2.05, 4.69) is 21.2 Å². The third-order valence-corrected chi connectivity index (χ3v) is 5.19. The summed E-state index contributed by atoms with van der Waals surface area (Å²) < 4.78 is 28.3. The van der Waals surface area contributed by atoms with Gasteiger partial charge in [0.2, 0.25) is 0 Å². The molecule has 0 radical (unpaired) electrons. The van der Waals surface area contributed by atoms with E-state index in [9.17, 15) is 8.78 Å². The lowest BCUT2D eigenvalue weighted by Gasteiger charge is -2.09. The van der Waals surface area contributed by atoms with Gasteiger partial charge in [0.25, 0.3) is 5.92 Å². The van der Waals surface area contributed by atoms with E-state index in [-0.39, 0.29) is 12.8 Å². The van der Waals surface area contributed by atoms with Gasteiger partial charge >= 0.3 is 0 Å². The number of halogens is 2. The standard InChI is InChI=1S/C20H16F2N4/c1-12-16(13-4-5-17-14(9-13)3-2-7-23-17)6-8-26-18(24-25-19(12)26)10-15-11-20(15,21)22/h2-9,15H,10-11H2,1H3. The number of nitrogens with zero attached hydrogens (tertiary/aromatic N) is 4. The maximum absolute atomic E-state index is 13.2. The number of aromatic nitrogens is 4. The van der Waals surface area contributed by atoms with Crippen LogP contribution >= 0.6 is 0 Å². The lowest BCUT2D eigenvalue weighted by molar-refractivity contribution is 0.0984. The summed E-state index contributed by atoms with van der Waals surface area (Å²) >= 11 is 0. The van der Waals surface area contributed by atoms with Crippen molar-refractivity contribution in [2.75, 3.05) is 0 Å². The predicted molar refractivity (Wildman–Crippen MR) is 95.2 cm³/mol. The van der Waals surface area contributed by atoms with Crippen LogP contribution in [0.5, 0.6) is 0 Å². The molecule has 0 N–H and O–H groups in total. The van der Waals surface area contributed by atoms with Crippen molar-refractivity contribution in [2.45, 2.75) is 25.7 Å². The van der Waals surface area contributed by atoms with Crippen LogP contribution in [-0.2, 0) is 6.42 Å². The van der Waals surface area contributed by atoms with Crippen molar-refractivity contribution in [1.82, 2.24) is 19.6 Å². The Hall–Kier alpha value is -2.89. The van der Waals surface area contributed by atoms with Gasteiger partial charge in [0.05, 0.1) is 5.52 Å². The number of pyridine rings is 2. The number of aryl methyl sites for hydroxylation is 1. The molecule has 0 amide bonds. The van der Waals surface area contributed by atoms with Crippen LogP contribution < -0.4 is 0 Å². The fourth-order valence-electron chi connectivity index (χ4n) is 3.54. The Kier molecular flexibility index (Phi) is 3.13. The Labute approximate surface area is 148 Å². The Morgan fingerprint density at radius 1 is 1.19 bits per heavy atom. The van der Waals surface area contributed by atoms with Crippen LogP contribution in [0.4, 0.5) is 8.78 Å². The van der Waals surface area contributed by atoms with Crippen molar-refractivity contribution in [3.63, 3.8) is 0 Å². The largest absolute Gasteiger partial charge is 0.286 e. The highest BCUT2D eigenvalue weighted by Gasteiger charge is 2.56. The van der Waals surface area contributed by atoms with Gasteiger partial charge in [-0.25, -0.2) is 8.78 Å². The molecule has 0 aliphatic heterocycles. The summed E-state index contributed by atoms with van der Waals surface area (Å²) in [6.45, 7) is 1.99. The van der Waals surface area contributed by atoms with E-state index in [1.807, 2.05) is 47.9 Å². The molecule has 1 saturated carbocycles. The number of fused-ring (bicyclic) bond motifs is 2. The SMILES string of the molecule is Cc1c(-c2ccc3ncccc3c2)ccn2c(CC3CC3(F)F)nnc12. The maximum atomic E-state index is 13.2. The molecule has 5 rings (SSSR count). The molecule has 3 aromatic heterocycles. The normalized spacial score (nSPS) is 18.5. The van der Waals surface area contributed by atoms with Crippen molar-refractivity contribution in [3.8, 4) is 11.1 Å². The monoisotopic (exact) mass is 350 g/mol. The first kappa shape index (κ1) is 15.4. The topological polar surface area (TPSA) is 43.1 Å². The molecule has 4 nitrogen and oxygen atoms in total. The minimum Gasteiger partial charge on any atom is -0.286 e. The summed E-state index contributed by atoms with van der Waals surface area (Å²) in [7, 11) is 0. The van der Waals surface area contributed by atoms with Crippen LogP contribution in [0.15, 0.2) is 48.8 Å². The molecule has 130 valence electrons. The average Bonchev–Trinajstić information content (AvgIpc) is 3.04. The summed E-state index contributed by atoms with van der Waals surface area (Å²) in [5.74, 6) is -2.55. The molecule has 4 aromatic rings. The van der Waals surface area contributed by atoms with Gasteiger partial charge in [-0.3, -0.25) is 9.38 Å². The maximum Gasteiger partial charge on any atom is 0.252 e. The fourth-order valence-corrected chi connectivity index (χ4v) is 3.54. The quantitative estimate of drug-likeness (QED) is 0.548. The smallest absolute Gasteiger partial charge is 0.252 e. The molecule has 1 fully saturated rings. The molecule has 1 aliphatic rings. The molecular weight excluding hydrogens is 334 g/mol. The Balaban J connectivity index is 1.57. The predicted octanol–water partition coefficient (Wildman–Crippen LogP) is 4.45. The van der Waals surface area contributed by atoms with E-state index in [4.69, 9.17) is 0 Å². The average molecular weight is 350 g/mol. The van der Waals surface area contributed by atoms with Gasteiger partial charge < -0.3 is 0 Å². The number of alkyl halides is 2. The minimum absolute atomic E-state index is 0.0515. The van der Waals surface area contributed by atoms with Gasteiger partial charge in [0.1, 0.15) is 5.82 Å². The number of rotatable bonds is 3. The van der Waals surface area contributed by atoms with E-state index in [0.29, 0.717) is 11.5 Å². The summed E-state index contributed by atoms with van der Waals surface area (Å²) in [5.41, 5.74) is 4.78. The Morgan fingerprint density at radius 2 is 2.04 bits per heavy atom. The van der Waals surface area contributed by atoms with Crippen LogP contribution in [0.1, 0.15) is 17.8 Å². The van der Waals surface area contributed by atoms with Gasteiger partial charge in [0.15, 0.2) is 5.65 Å². The zero-order valence-corrected chi connectivity index (χ0v) is 14.2. The molecule has 6 heteroatoms. The molecule has 1 aromatic carbocycles. The van der Waals surface area contributed by atoms with E-state index in [1.54, 1.807) is 6.20 Å². The van der Waals surface area contributed by atoms with Gasteiger partial charge in [-0.05, 0) is 42.3 Å². The Bertz CT molecular complexity index is 1150. The molecule has 1 aliphatic carbocycles. The highest BCUT2D eigenvalue weighted by molar-refractivity contribution is 5.85. The van der Waals surface area contributed by atoms with E-state index >= 15 is 0 Å². The summed E-state index contributed by atoms with van der Waals surface area (Å²) in [6.07, 6.45) is 3.86. The molecular formula is C20H16F2N4. The lowest BCUT2D eigenvalue weighted by atomic mass is 10.0. The summed E-state index contributed by atoms with van der Waals surface area (Å²) in [4.78, 5) is 4.35. The highest BCUT2D eigenvalue weighted by atomic mass is 19.3. The number of benzene rings is 1. The molecule has 3 heterocycles. The number of hydrogen-bond donors (Lipinski definition) is 0. The third-order valence-electron chi connectivity index (χ3n) is 5.19. The lowest BCUT2D eigenvalue weighted by Crippen LogP contribution is -2.02. The second-order valence-corrected chi connectivity index (χ2v) is 6.94. The first-order valence-electron chi connectivity index (χ1n) is 8.59. The molecule has 0 spiro atoms. The molecule has 0 bridgehead atoms.